The van der Waals surface area contributed by atoms with E-state index in [1.807, 2.05) is 49.4 Å². The molecule has 0 radical (unpaired) electrons. The predicted octanol–water partition coefficient (Wildman–Crippen LogP) is 4.47. The molecule has 19 heavy (non-hydrogen) atoms. The maximum absolute atomic E-state index is 12.5. The van der Waals surface area contributed by atoms with E-state index in [9.17, 15) is 4.79 Å². The monoisotopic (exact) mass is 313 g/mol. The zero-order chi connectivity index (χ0) is 13.4. The standard InChI is InChI=1S/C16H12BrNO/c1-10-5-6-15-13(7-10)14(9-18-15)16(19)11-3-2-4-12(17)8-11/h2-9,18H,1H3. The van der Waals surface area contributed by atoms with Crippen LogP contribution in [0.25, 0.3) is 10.9 Å². The maximum atomic E-state index is 12.5. The summed E-state index contributed by atoms with van der Waals surface area (Å²) in [5, 5.41) is 0.977. The van der Waals surface area contributed by atoms with Crippen molar-refractivity contribution in [2.45, 2.75) is 6.92 Å². The van der Waals surface area contributed by atoms with Gasteiger partial charge in [-0.15, -0.1) is 0 Å². The number of carbonyl (C=O) groups is 1. The number of ketones is 1. The van der Waals surface area contributed by atoms with E-state index in [2.05, 4.69) is 20.9 Å². The number of nitrogens with one attached hydrogen (secondary N) is 1. The summed E-state index contributed by atoms with van der Waals surface area (Å²) in [6, 6.07) is 13.5. The van der Waals surface area contributed by atoms with Crippen molar-refractivity contribution in [2.24, 2.45) is 0 Å². The highest BCUT2D eigenvalue weighted by molar-refractivity contribution is 9.10. The van der Waals surface area contributed by atoms with Crippen LogP contribution in [0.3, 0.4) is 0 Å². The Hall–Kier alpha value is -1.87. The van der Waals surface area contributed by atoms with Crippen molar-refractivity contribution in [2.75, 3.05) is 0 Å². The van der Waals surface area contributed by atoms with Crippen LogP contribution in [-0.2, 0) is 0 Å². The topological polar surface area (TPSA) is 32.9 Å². The fourth-order valence-electron chi connectivity index (χ4n) is 2.21. The molecule has 0 aliphatic carbocycles. The van der Waals surface area contributed by atoms with Crippen LogP contribution < -0.4 is 0 Å². The van der Waals surface area contributed by atoms with E-state index >= 15 is 0 Å². The summed E-state index contributed by atoms with van der Waals surface area (Å²) < 4.78 is 0.911. The minimum atomic E-state index is 0.0400. The molecule has 0 saturated heterocycles. The number of halogens is 1. The molecule has 94 valence electrons. The first-order valence-electron chi connectivity index (χ1n) is 6.03. The number of H-pyrrole nitrogens is 1. The molecule has 0 amide bonds. The summed E-state index contributed by atoms with van der Waals surface area (Å²) in [5.41, 5.74) is 3.55. The van der Waals surface area contributed by atoms with E-state index in [1.165, 1.54) is 0 Å². The highest BCUT2D eigenvalue weighted by atomic mass is 79.9. The van der Waals surface area contributed by atoms with Gasteiger partial charge in [0.2, 0.25) is 0 Å². The summed E-state index contributed by atoms with van der Waals surface area (Å²) in [7, 11) is 0. The Labute approximate surface area is 119 Å². The summed E-state index contributed by atoms with van der Waals surface area (Å²) >= 11 is 3.40. The molecule has 3 aromatic rings. The SMILES string of the molecule is Cc1ccc2[nH]cc(C(=O)c3cccc(Br)c3)c2c1. The second-order valence-corrected chi connectivity index (χ2v) is 5.51. The van der Waals surface area contributed by atoms with Gasteiger partial charge < -0.3 is 4.98 Å². The van der Waals surface area contributed by atoms with Gasteiger partial charge in [-0.1, -0.05) is 39.7 Å². The molecule has 0 saturated carbocycles. The minimum Gasteiger partial charge on any atom is -0.360 e. The van der Waals surface area contributed by atoms with Crippen LogP contribution in [0.5, 0.6) is 0 Å². The zero-order valence-electron chi connectivity index (χ0n) is 10.4. The van der Waals surface area contributed by atoms with Crippen LogP contribution in [0.15, 0.2) is 53.1 Å². The highest BCUT2D eigenvalue weighted by Gasteiger charge is 2.14. The molecule has 0 spiro atoms. The van der Waals surface area contributed by atoms with E-state index in [4.69, 9.17) is 0 Å². The third kappa shape index (κ3) is 2.22. The Morgan fingerprint density at radius 2 is 2.00 bits per heavy atom. The number of fused-ring (bicyclic) bond motifs is 1. The third-order valence-corrected chi connectivity index (χ3v) is 3.66. The normalized spacial score (nSPS) is 10.8. The molecule has 0 unspecified atom stereocenters. The third-order valence-electron chi connectivity index (χ3n) is 3.17. The lowest BCUT2D eigenvalue weighted by Crippen LogP contribution is -2.00. The Kier molecular flexibility index (Phi) is 2.99. The number of carbonyl (C=O) groups excluding carboxylic acids is 1. The number of hydrogen-bond acceptors (Lipinski definition) is 1. The number of rotatable bonds is 2. The van der Waals surface area contributed by atoms with Gasteiger partial charge in [-0.05, 0) is 31.2 Å². The lowest BCUT2D eigenvalue weighted by atomic mass is 10.0. The molecule has 2 aromatic carbocycles. The number of benzene rings is 2. The Bertz CT molecular complexity index is 773. The summed E-state index contributed by atoms with van der Waals surface area (Å²) in [4.78, 5) is 15.7. The van der Waals surface area contributed by atoms with Crippen molar-refractivity contribution >= 4 is 32.6 Å². The van der Waals surface area contributed by atoms with Gasteiger partial charge in [-0.25, -0.2) is 0 Å². The zero-order valence-corrected chi connectivity index (χ0v) is 12.0. The Morgan fingerprint density at radius 1 is 1.16 bits per heavy atom. The first-order valence-corrected chi connectivity index (χ1v) is 6.82. The average molecular weight is 314 g/mol. The fraction of sp³-hybridized carbons (Fsp3) is 0.0625. The van der Waals surface area contributed by atoms with Crippen molar-refractivity contribution < 1.29 is 4.79 Å². The molecule has 0 bridgehead atoms. The van der Waals surface area contributed by atoms with Gasteiger partial charge in [0.25, 0.3) is 0 Å². The van der Waals surface area contributed by atoms with Crippen molar-refractivity contribution in [3.05, 3.63) is 69.8 Å². The molecular formula is C16H12BrNO. The number of aromatic amines is 1. The van der Waals surface area contributed by atoms with Gasteiger partial charge in [0, 0.05) is 32.7 Å². The second-order valence-electron chi connectivity index (χ2n) is 4.59. The maximum Gasteiger partial charge on any atom is 0.195 e. The largest absolute Gasteiger partial charge is 0.360 e. The number of aryl methyl sites for hydroxylation is 1. The number of hydrogen-bond donors (Lipinski definition) is 1. The first kappa shape index (κ1) is 12.2. The van der Waals surface area contributed by atoms with Gasteiger partial charge in [-0.3, -0.25) is 4.79 Å². The molecule has 0 fully saturated rings. The predicted molar refractivity (Wildman–Crippen MR) is 80.6 cm³/mol. The Balaban J connectivity index is 2.14. The highest BCUT2D eigenvalue weighted by Crippen LogP contribution is 2.23. The second kappa shape index (κ2) is 4.67. The van der Waals surface area contributed by atoms with E-state index in [-0.39, 0.29) is 5.78 Å². The fourth-order valence-corrected chi connectivity index (χ4v) is 2.61. The Morgan fingerprint density at radius 3 is 2.79 bits per heavy atom. The molecule has 3 rings (SSSR count). The van der Waals surface area contributed by atoms with Crippen molar-refractivity contribution in [1.82, 2.24) is 4.98 Å². The molecule has 1 heterocycles. The summed E-state index contributed by atoms with van der Waals surface area (Å²) in [6.45, 7) is 2.03. The molecule has 2 nitrogen and oxygen atoms in total. The van der Waals surface area contributed by atoms with Gasteiger partial charge in [-0.2, -0.15) is 0 Å². The van der Waals surface area contributed by atoms with E-state index in [0.29, 0.717) is 5.56 Å². The van der Waals surface area contributed by atoms with Gasteiger partial charge in [0.1, 0.15) is 0 Å². The first-order chi connectivity index (χ1) is 9.15. The van der Waals surface area contributed by atoms with Gasteiger partial charge >= 0.3 is 0 Å². The molecule has 0 atom stereocenters. The lowest BCUT2D eigenvalue weighted by Gasteiger charge is -2.01. The van der Waals surface area contributed by atoms with Gasteiger partial charge in [0.05, 0.1) is 0 Å². The molecule has 0 aliphatic rings. The van der Waals surface area contributed by atoms with E-state index in [0.717, 1.165) is 26.5 Å². The van der Waals surface area contributed by atoms with Crippen LogP contribution in [0.2, 0.25) is 0 Å². The smallest absolute Gasteiger partial charge is 0.195 e. The van der Waals surface area contributed by atoms with Gasteiger partial charge in [0.15, 0.2) is 5.78 Å². The van der Waals surface area contributed by atoms with Crippen molar-refractivity contribution in [1.29, 1.82) is 0 Å². The quantitative estimate of drug-likeness (QED) is 0.696. The molecule has 1 N–H and O–H groups in total. The molecule has 0 aliphatic heterocycles. The lowest BCUT2D eigenvalue weighted by molar-refractivity contribution is 0.104. The van der Waals surface area contributed by atoms with Crippen LogP contribution in [0, 0.1) is 6.92 Å². The molecule has 1 aromatic heterocycles. The summed E-state index contributed by atoms with van der Waals surface area (Å²) in [5.74, 6) is 0.0400. The van der Waals surface area contributed by atoms with E-state index in [1.54, 1.807) is 6.20 Å². The summed E-state index contributed by atoms with van der Waals surface area (Å²) in [6.07, 6.45) is 1.79. The van der Waals surface area contributed by atoms with Crippen LogP contribution >= 0.6 is 15.9 Å². The number of aromatic nitrogens is 1. The molecule has 3 heteroatoms. The molecular weight excluding hydrogens is 302 g/mol. The van der Waals surface area contributed by atoms with Crippen LogP contribution in [-0.4, -0.2) is 10.8 Å². The van der Waals surface area contributed by atoms with Crippen molar-refractivity contribution in [3.8, 4) is 0 Å². The van der Waals surface area contributed by atoms with Crippen LogP contribution in [0.1, 0.15) is 21.5 Å². The van der Waals surface area contributed by atoms with E-state index < -0.39 is 0 Å². The minimum absolute atomic E-state index is 0.0400. The van der Waals surface area contributed by atoms with Crippen LogP contribution in [0.4, 0.5) is 0 Å². The average Bonchev–Trinajstić information content (AvgIpc) is 2.80. The van der Waals surface area contributed by atoms with Crippen molar-refractivity contribution in [3.63, 3.8) is 0 Å².